The summed E-state index contributed by atoms with van der Waals surface area (Å²) in [6, 6.07) is 17.2. The van der Waals surface area contributed by atoms with Crippen molar-refractivity contribution in [3.63, 3.8) is 0 Å². The third-order valence-electron chi connectivity index (χ3n) is 4.00. The molecule has 0 saturated carbocycles. The molecule has 0 atom stereocenters. The molecule has 1 amide bonds. The number of hydrogen-bond donors (Lipinski definition) is 1. The van der Waals surface area contributed by atoms with E-state index in [0.717, 1.165) is 0 Å². The summed E-state index contributed by atoms with van der Waals surface area (Å²) >= 11 is 5.75. The summed E-state index contributed by atoms with van der Waals surface area (Å²) < 4.78 is 10.9. The molecule has 0 spiro atoms. The molecule has 8 heteroatoms. The molecule has 4 rings (SSSR count). The quantitative estimate of drug-likeness (QED) is 0.494. The summed E-state index contributed by atoms with van der Waals surface area (Å²) in [6.07, 6.45) is 1.40. The highest BCUT2D eigenvalue weighted by atomic mass is 35.5. The molecular weight excluding hydrogens is 394 g/mol. The Kier molecular flexibility index (Phi) is 5.22. The van der Waals surface area contributed by atoms with Gasteiger partial charge in [0.25, 0.3) is 5.91 Å². The average Bonchev–Trinajstić information content (AvgIpc) is 3.18. The number of pyridine rings is 1. The zero-order valence-electron chi connectivity index (χ0n) is 15.0. The Morgan fingerprint density at radius 1 is 1.03 bits per heavy atom. The Bertz CT molecular complexity index is 1150. The molecule has 0 radical (unpaired) electrons. The number of fused-ring (bicyclic) bond motifs is 1. The number of carbonyl (C=O) groups is 2. The first kappa shape index (κ1) is 18.6. The Hall–Kier alpha value is -3.71. The highest BCUT2D eigenvalue weighted by Gasteiger charge is 2.19. The van der Waals surface area contributed by atoms with E-state index >= 15 is 0 Å². The number of nitrogens with zero attached hydrogens (tertiary/aromatic N) is 2. The molecule has 0 aliphatic rings. The topological polar surface area (TPSA) is 94.3 Å². The molecule has 144 valence electrons. The van der Waals surface area contributed by atoms with E-state index in [1.807, 2.05) is 18.2 Å². The number of carbonyl (C=O) groups excluding carboxylic acids is 2. The highest BCUT2D eigenvalue weighted by Crippen LogP contribution is 2.27. The van der Waals surface area contributed by atoms with Crippen LogP contribution in [0.5, 0.6) is 0 Å². The predicted octanol–water partition coefficient (Wildman–Crippen LogP) is 4.34. The van der Waals surface area contributed by atoms with E-state index < -0.39 is 18.5 Å². The zero-order valence-corrected chi connectivity index (χ0v) is 15.7. The first-order valence-corrected chi connectivity index (χ1v) is 9.01. The van der Waals surface area contributed by atoms with Crippen molar-refractivity contribution in [1.82, 2.24) is 9.97 Å². The second-order valence-electron chi connectivity index (χ2n) is 6.02. The average molecular weight is 408 g/mol. The fourth-order valence-electron chi connectivity index (χ4n) is 2.67. The minimum Gasteiger partial charge on any atom is -0.452 e. The maximum Gasteiger partial charge on any atom is 0.339 e. The maximum absolute atomic E-state index is 12.6. The molecule has 0 aliphatic carbocycles. The number of nitrogens with one attached hydrogen (secondary N) is 1. The second kappa shape index (κ2) is 8.12. The van der Waals surface area contributed by atoms with Crippen molar-refractivity contribution >= 4 is 40.4 Å². The van der Waals surface area contributed by atoms with Crippen LogP contribution in [0.25, 0.3) is 22.6 Å². The van der Waals surface area contributed by atoms with Crippen molar-refractivity contribution in [2.24, 2.45) is 0 Å². The summed E-state index contributed by atoms with van der Waals surface area (Å²) in [5, 5.41) is 2.97. The number of esters is 1. The smallest absolute Gasteiger partial charge is 0.339 e. The molecular formula is C21H14ClN3O4. The first-order chi connectivity index (χ1) is 14.1. The summed E-state index contributed by atoms with van der Waals surface area (Å²) in [7, 11) is 0. The van der Waals surface area contributed by atoms with Gasteiger partial charge in [0, 0.05) is 6.20 Å². The highest BCUT2D eigenvalue weighted by molar-refractivity contribution is 6.30. The number of hydrogen-bond acceptors (Lipinski definition) is 6. The van der Waals surface area contributed by atoms with Crippen LogP contribution in [-0.2, 0) is 9.53 Å². The number of oxazole rings is 1. The number of aromatic nitrogens is 2. The minimum atomic E-state index is -0.665. The zero-order chi connectivity index (χ0) is 20.2. The van der Waals surface area contributed by atoms with E-state index in [1.54, 1.807) is 42.5 Å². The number of rotatable bonds is 5. The second-order valence-corrected chi connectivity index (χ2v) is 6.45. The standard InChI is InChI=1S/C21H14ClN3O4/c22-13-9-10-18(23-11-13)25-19(26)12-28-21(27)15-6-2-1-5-14(15)20-24-16-7-3-4-8-17(16)29-20/h1-11H,12H2,(H,23,25,26). The van der Waals surface area contributed by atoms with Gasteiger partial charge in [-0.05, 0) is 36.4 Å². The van der Waals surface area contributed by atoms with E-state index in [9.17, 15) is 9.59 Å². The largest absolute Gasteiger partial charge is 0.452 e. The number of para-hydroxylation sites is 2. The fourth-order valence-corrected chi connectivity index (χ4v) is 2.78. The monoisotopic (exact) mass is 407 g/mol. The van der Waals surface area contributed by atoms with Gasteiger partial charge < -0.3 is 14.5 Å². The summed E-state index contributed by atoms with van der Waals surface area (Å²) in [4.78, 5) is 32.9. The SMILES string of the molecule is O=C(COC(=O)c1ccccc1-c1nc2ccccc2o1)Nc1ccc(Cl)cn1. The van der Waals surface area contributed by atoms with Crippen molar-refractivity contribution in [3.05, 3.63) is 77.4 Å². The maximum atomic E-state index is 12.6. The number of anilines is 1. The van der Waals surface area contributed by atoms with E-state index in [2.05, 4.69) is 15.3 Å². The van der Waals surface area contributed by atoms with Crippen LogP contribution in [-0.4, -0.2) is 28.5 Å². The van der Waals surface area contributed by atoms with E-state index in [1.165, 1.54) is 6.20 Å². The van der Waals surface area contributed by atoms with E-state index in [-0.39, 0.29) is 5.56 Å². The molecule has 2 aromatic heterocycles. The lowest BCUT2D eigenvalue weighted by molar-refractivity contribution is -0.119. The van der Waals surface area contributed by atoms with E-state index in [0.29, 0.717) is 33.4 Å². The van der Waals surface area contributed by atoms with Gasteiger partial charge in [-0.3, -0.25) is 4.79 Å². The Morgan fingerprint density at radius 3 is 2.62 bits per heavy atom. The summed E-state index contributed by atoms with van der Waals surface area (Å²) in [5.41, 5.74) is 2.02. The van der Waals surface area contributed by atoms with Crippen LogP contribution in [0.2, 0.25) is 5.02 Å². The molecule has 0 bridgehead atoms. The molecule has 2 aromatic carbocycles. The van der Waals surface area contributed by atoms with Crippen molar-refractivity contribution < 1.29 is 18.7 Å². The van der Waals surface area contributed by atoms with Crippen LogP contribution >= 0.6 is 11.6 Å². The van der Waals surface area contributed by atoms with Crippen LogP contribution in [0.4, 0.5) is 5.82 Å². The third-order valence-corrected chi connectivity index (χ3v) is 4.22. The molecule has 0 saturated heterocycles. The van der Waals surface area contributed by atoms with Gasteiger partial charge in [0.1, 0.15) is 11.3 Å². The number of halogens is 1. The van der Waals surface area contributed by atoms with Gasteiger partial charge in [0.2, 0.25) is 5.89 Å². The third kappa shape index (κ3) is 4.25. The van der Waals surface area contributed by atoms with Crippen LogP contribution in [0.3, 0.4) is 0 Å². The lowest BCUT2D eigenvalue weighted by atomic mass is 10.1. The minimum absolute atomic E-state index is 0.247. The van der Waals surface area contributed by atoms with Gasteiger partial charge in [-0.1, -0.05) is 35.9 Å². The molecule has 7 nitrogen and oxygen atoms in total. The molecule has 29 heavy (non-hydrogen) atoms. The Labute approximate surface area is 170 Å². The van der Waals surface area contributed by atoms with Gasteiger partial charge in [0.15, 0.2) is 12.2 Å². The molecule has 0 aliphatic heterocycles. The van der Waals surface area contributed by atoms with Gasteiger partial charge in [-0.15, -0.1) is 0 Å². The normalized spacial score (nSPS) is 10.7. The van der Waals surface area contributed by atoms with Crippen molar-refractivity contribution in [2.45, 2.75) is 0 Å². The predicted molar refractivity (Wildman–Crippen MR) is 108 cm³/mol. The van der Waals surface area contributed by atoms with Gasteiger partial charge in [-0.2, -0.15) is 0 Å². The number of amides is 1. The lowest BCUT2D eigenvalue weighted by Crippen LogP contribution is -2.21. The van der Waals surface area contributed by atoms with Crippen molar-refractivity contribution in [2.75, 3.05) is 11.9 Å². The Morgan fingerprint density at radius 2 is 1.83 bits per heavy atom. The van der Waals surface area contributed by atoms with Crippen molar-refractivity contribution in [3.8, 4) is 11.5 Å². The van der Waals surface area contributed by atoms with Crippen LogP contribution in [0.15, 0.2) is 71.3 Å². The van der Waals surface area contributed by atoms with Crippen LogP contribution in [0.1, 0.15) is 10.4 Å². The molecule has 1 N–H and O–H groups in total. The first-order valence-electron chi connectivity index (χ1n) is 8.63. The molecule has 0 unspecified atom stereocenters. The van der Waals surface area contributed by atoms with Crippen molar-refractivity contribution in [1.29, 1.82) is 0 Å². The summed E-state index contributed by atoms with van der Waals surface area (Å²) in [5.74, 6) is -0.578. The van der Waals surface area contributed by atoms with E-state index in [4.69, 9.17) is 20.8 Å². The Balaban J connectivity index is 1.47. The molecule has 2 heterocycles. The number of benzene rings is 2. The van der Waals surface area contributed by atoms with Gasteiger partial charge in [0.05, 0.1) is 16.1 Å². The fraction of sp³-hybridized carbons (Fsp3) is 0.0476. The summed E-state index contributed by atoms with van der Waals surface area (Å²) in [6.45, 7) is -0.467. The van der Waals surface area contributed by atoms with Crippen LogP contribution < -0.4 is 5.32 Å². The lowest BCUT2D eigenvalue weighted by Gasteiger charge is -2.08. The molecule has 0 fully saturated rings. The number of ether oxygens (including phenoxy) is 1. The van der Waals surface area contributed by atoms with Gasteiger partial charge in [-0.25, -0.2) is 14.8 Å². The van der Waals surface area contributed by atoms with Crippen LogP contribution in [0, 0.1) is 0 Å². The molecule has 4 aromatic rings. The van der Waals surface area contributed by atoms with Gasteiger partial charge >= 0.3 is 5.97 Å².